The fourth-order valence-corrected chi connectivity index (χ4v) is 2.77. The number of carbonyl (C=O) groups excluding carboxylic acids is 1. The van der Waals surface area contributed by atoms with Crippen molar-refractivity contribution in [2.24, 2.45) is 0 Å². The van der Waals surface area contributed by atoms with E-state index in [9.17, 15) is 13.2 Å². The first-order valence-electron chi connectivity index (χ1n) is 7.54. The fraction of sp³-hybridized carbons (Fsp3) is 0.167. The monoisotopic (exact) mass is 344 g/mol. The summed E-state index contributed by atoms with van der Waals surface area (Å²) >= 11 is 0. The Hall–Kier alpha value is -2.44. The minimum atomic E-state index is -3.56. The minimum Gasteiger partial charge on any atom is -0.326 e. The highest BCUT2D eigenvalue weighted by atomic mass is 32.2. The summed E-state index contributed by atoms with van der Waals surface area (Å²) in [5.41, 5.74) is 2.59. The fourth-order valence-electron chi connectivity index (χ4n) is 1.95. The van der Waals surface area contributed by atoms with Gasteiger partial charge in [0.05, 0.1) is 0 Å². The highest BCUT2D eigenvalue weighted by Crippen LogP contribution is 2.08. The zero-order valence-electron chi connectivity index (χ0n) is 13.4. The number of hydrogen-bond donors (Lipinski definition) is 2. The summed E-state index contributed by atoms with van der Waals surface area (Å²) in [5.74, 6) is -0.242. The number of rotatable bonds is 7. The molecule has 2 rings (SSSR count). The van der Waals surface area contributed by atoms with Crippen LogP contribution in [0.25, 0.3) is 6.08 Å². The smallest absolute Gasteiger partial charge is 0.233 e. The number of carbonyl (C=O) groups is 1. The Kier molecular flexibility index (Phi) is 6.28. The van der Waals surface area contributed by atoms with E-state index in [0.29, 0.717) is 5.69 Å². The zero-order chi connectivity index (χ0) is 17.4. The number of sulfonamides is 1. The van der Waals surface area contributed by atoms with Gasteiger partial charge in [0.15, 0.2) is 0 Å². The van der Waals surface area contributed by atoms with Gasteiger partial charge in [0.2, 0.25) is 15.9 Å². The molecule has 0 aliphatic carbocycles. The second-order valence-corrected chi connectivity index (χ2v) is 6.97. The van der Waals surface area contributed by atoms with Crippen LogP contribution in [0.4, 0.5) is 5.69 Å². The summed E-state index contributed by atoms with van der Waals surface area (Å²) in [7, 11) is -3.56. The topological polar surface area (TPSA) is 75.3 Å². The van der Waals surface area contributed by atoms with Crippen LogP contribution in [0.5, 0.6) is 0 Å². The van der Waals surface area contributed by atoms with E-state index in [1.807, 2.05) is 37.3 Å². The molecule has 0 aliphatic heterocycles. The van der Waals surface area contributed by atoms with Crippen LogP contribution in [0.2, 0.25) is 0 Å². The van der Waals surface area contributed by atoms with Crippen LogP contribution in [0, 0.1) is 6.92 Å². The lowest BCUT2D eigenvalue weighted by Crippen LogP contribution is -2.26. The standard InChI is InChI=1S/C18H20N2O3S/c1-15-7-9-17(10-8-15)20-18(21)11-13-19-24(22,23)14-12-16-5-3-2-4-6-16/h2-10,12,14,19H,11,13H2,1H3,(H,20,21). The average Bonchev–Trinajstić information content (AvgIpc) is 2.56. The van der Waals surface area contributed by atoms with E-state index in [-0.39, 0.29) is 18.9 Å². The summed E-state index contributed by atoms with van der Waals surface area (Å²) in [6.45, 7) is 2.00. The van der Waals surface area contributed by atoms with Gasteiger partial charge in [0.25, 0.3) is 0 Å². The third-order valence-electron chi connectivity index (χ3n) is 3.23. The Morgan fingerprint density at radius 3 is 2.38 bits per heavy atom. The summed E-state index contributed by atoms with van der Waals surface area (Å²) in [6, 6.07) is 16.5. The third-order valence-corrected chi connectivity index (χ3v) is 4.33. The van der Waals surface area contributed by atoms with E-state index < -0.39 is 10.0 Å². The van der Waals surface area contributed by atoms with Gasteiger partial charge in [-0.1, -0.05) is 48.0 Å². The first-order valence-corrected chi connectivity index (χ1v) is 9.08. The minimum absolute atomic E-state index is 0.0408. The molecule has 5 nitrogen and oxygen atoms in total. The van der Waals surface area contributed by atoms with E-state index in [1.54, 1.807) is 24.3 Å². The molecule has 6 heteroatoms. The lowest BCUT2D eigenvalue weighted by Gasteiger charge is -2.06. The van der Waals surface area contributed by atoms with Crippen molar-refractivity contribution in [3.8, 4) is 0 Å². The maximum absolute atomic E-state index is 11.9. The summed E-state index contributed by atoms with van der Waals surface area (Å²) in [6.07, 6.45) is 1.57. The van der Waals surface area contributed by atoms with Crippen LogP contribution in [-0.2, 0) is 14.8 Å². The SMILES string of the molecule is Cc1ccc(NC(=O)CCNS(=O)(=O)C=Cc2ccccc2)cc1. The van der Waals surface area contributed by atoms with Crippen molar-refractivity contribution in [3.63, 3.8) is 0 Å². The lowest BCUT2D eigenvalue weighted by molar-refractivity contribution is -0.116. The predicted octanol–water partition coefficient (Wildman–Crippen LogP) is 2.91. The van der Waals surface area contributed by atoms with Gasteiger partial charge in [-0.3, -0.25) is 4.79 Å². The molecule has 0 saturated carbocycles. The van der Waals surface area contributed by atoms with Crippen molar-refractivity contribution >= 4 is 27.7 Å². The molecule has 1 amide bonds. The van der Waals surface area contributed by atoms with Crippen molar-refractivity contribution in [1.82, 2.24) is 4.72 Å². The van der Waals surface area contributed by atoms with Crippen molar-refractivity contribution in [2.45, 2.75) is 13.3 Å². The number of hydrogen-bond acceptors (Lipinski definition) is 3. The zero-order valence-corrected chi connectivity index (χ0v) is 14.2. The van der Waals surface area contributed by atoms with Crippen LogP contribution in [0.15, 0.2) is 60.0 Å². The first-order chi connectivity index (χ1) is 11.4. The molecule has 2 N–H and O–H groups in total. The molecule has 0 saturated heterocycles. The van der Waals surface area contributed by atoms with Crippen LogP contribution in [-0.4, -0.2) is 20.9 Å². The van der Waals surface area contributed by atoms with Gasteiger partial charge in [0, 0.05) is 24.1 Å². The third kappa shape index (κ3) is 6.36. The molecule has 0 aromatic heterocycles. The molecule has 126 valence electrons. The van der Waals surface area contributed by atoms with Crippen molar-refractivity contribution < 1.29 is 13.2 Å². The first kappa shape index (κ1) is 17.9. The highest BCUT2D eigenvalue weighted by Gasteiger charge is 2.07. The molecule has 2 aromatic carbocycles. The maximum atomic E-state index is 11.9. The van der Waals surface area contributed by atoms with Crippen molar-refractivity contribution in [1.29, 1.82) is 0 Å². The maximum Gasteiger partial charge on any atom is 0.233 e. The molecule has 0 atom stereocenters. The second kappa shape index (κ2) is 8.42. The Balaban J connectivity index is 1.79. The van der Waals surface area contributed by atoms with Crippen molar-refractivity contribution in [3.05, 3.63) is 71.1 Å². The number of amides is 1. The van der Waals surface area contributed by atoms with Gasteiger partial charge >= 0.3 is 0 Å². The molecule has 0 spiro atoms. The van der Waals surface area contributed by atoms with E-state index in [1.165, 1.54) is 6.08 Å². The molecule has 0 bridgehead atoms. The van der Waals surface area contributed by atoms with Gasteiger partial charge in [-0.15, -0.1) is 0 Å². The van der Waals surface area contributed by atoms with Gasteiger partial charge < -0.3 is 5.32 Å². The van der Waals surface area contributed by atoms with Gasteiger partial charge in [-0.2, -0.15) is 0 Å². The average molecular weight is 344 g/mol. The number of aryl methyl sites for hydroxylation is 1. The van der Waals surface area contributed by atoms with Gasteiger partial charge in [0.1, 0.15) is 0 Å². The molecule has 0 unspecified atom stereocenters. The molecule has 0 heterocycles. The summed E-state index contributed by atoms with van der Waals surface area (Å²) in [5, 5.41) is 3.82. The van der Waals surface area contributed by atoms with E-state index in [4.69, 9.17) is 0 Å². The van der Waals surface area contributed by atoms with E-state index in [0.717, 1.165) is 16.5 Å². The molecule has 24 heavy (non-hydrogen) atoms. The number of benzene rings is 2. The Labute approximate surface area is 142 Å². The molecular formula is C18H20N2O3S. The quantitative estimate of drug-likeness (QED) is 0.811. The van der Waals surface area contributed by atoms with E-state index in [2.05, 4.69) is 10.0 Å². The van der Waals surface area contributed by atoms with Crippen molar-refractivity contribution in [2.75, 3.05) is 11.9 Å². The summed E-state index contributed by atoms with van der Waals surface area (Å²) < 4.78 is 26.1. The largest absolute Gasteiger partial charge is 0.326 e. The van der Waals surface area contributed by atoms with Crippen LogP contribution >= 0.6 is 0 Å². The number of anilines is 1. The molecular weight excluding hydrogens is 324 g/mol. The molecule has 2 aromatic rings. The molecule has 0 fully saturated rings. The highest BCUT2D eigenvalue weighted by molar-refractivity contribution is 7.92. The Bertz CT molecular complexity index is 798. The number of nitrogens with one attached hydrogen (secondary N) is 2. The molecule has 0 aliphatic rings. The Morgan fingerprint density at radius 1 is 1.04 bits per heavy atom. The van der Waals surface area contributed by atoms with Gasteiger partial charge in [-0.25, -0.2) is 13.1 Å². The summed E-state index contributed by atoms with van der Waals surface area (Å²) in [4.78, 5) is 11.8. The normalized spacial score (nSPS) is 11.5. The molecule has 0 radical (unpaired) electrons. The van der Waals surface area contributed by atoms with Crippen LogP contribution < -0.4 is 10.0 Å². The predicted molar refractivity (Wildman–Crippen MR) is 96.8 cm³/mol. The lowest BCUT2D eigenvalue weighted by atomic mass is 10.2. The van der Waals surface area contributed by atoms with Crippen LogP contribution in [0.3, 0.4) is 0 Å². The van der Waals surface area contributed by atoms with E-state index >= 15 is 0 Å². The Morgan fingerprint density at radius 2 is 1.71 bits per heavy atom. The second-order valence-electron chi connectivity index (χ2n) is 5.32. The van der Waals surface area contributed by atoms with Gasteiger partial charge in [-0.05, 0) is 30.7 Å². The van der Waals surface area contributed by atoms with Crippen LogP contribution in [0.1, 0.15) is 17.5 Å².